The van der Waals surface area contributed by atoms with Gasteiger partial charge in [-0.2, -0.15) is 0 Å². The van der Waals surface area contributed by atoms with E-state index in [1.165, 1.54) is 12.8 Å². The SMILES string of the molecule is C=CC(=O)OCC(COC1CCCCC1)OC(=O)NCCCCCCNC(=O)OC(COC(=O)C(=C)C)COC1CCCCC1. The predicted molar refractivity (Wildman–Crippen MR) is 168 cm³/mol. The third kappa shape index (κ3) is 18.4. The summed E-state index contributed by atoms with van der Waals surface area (Å²) in [5.74, 6) is -1.13. The normalized spacial score (nSPS) is 16.9. The van der Waals surface area contributed by atoms with Gasteiger partial charge in [0, 0.05) is 24.7 Å². The van der Waals surface area contributed by atoms with Gasteiger partial charge < -0.3 is 39.1 Å². The molecule has 0 aromatic carbocycles. The average Bonchev–Trinajstić information content (AvgIpc) is 3.05. The van der Waals surface area contributed by atoms with Gasteiger partial charge >= 0.3 is 24.1 Å². The Morgan fingerprint density at radius 3 is 1.56 bits per heavy atom. The molecule has 0 aromatic heterocycles. The summed E-state index contributed by atoms with van der Waals surface area (Å²) >= 11 is 0. The lowest BCUT2D eigenvalue weighted by Gasteiger charge is -2.25. The van der Waals surface area contributed by atoms with E-state index in [0.717, 1.165) is 83.1 Å². The van der Waals surface area contributed by atoms with Crippen molar-refractivity contribution in [3.63, 3.8) is 0 Å². The summed E-state index contributed by atoms with van der Waals surface area (Å²) in [5, 5.41) is 5.46. The van der Waals surface area contributed by atoms with Crippen LogP contribution >= 0.6 is 0 Å². The van der Waals surface area contributed by atoms with E-state index < -0.39 is 36.3 Å². The summed E-state index contributed by atoms with van der Waals surface area (Å²) in [6.45, 7) is 9.46. The highest BCUT2D eigenvalue weighted by Gasteiger charge is 2.22. The van der Waals surface area contributed by atoms with Crippen LogP contribution in [0.4, 0.5) is 9.59 Å². The summed E-state index contributed by atoms with van der Waals surface area (Å²) in [6.07, 6.45) is 12.6. The standard InChI is InChI=1S/C33H54N2O10/c1-4-30(36)42-23-28(21-40-26-15-9-7-10-16-26)44-32(38)34-19-13-5-6-14-20-35-33(39)45-29(24-43-31(37)25(2)3)22-41-27-17-11-8-12-18-27/h4,26-29H,1-2,5-24H2,3H3,(H,34,38)(H,35,39). The zero-order valence-electron chi connectivity index (χ0n) is 27.0. The Morgan fingerprint density at radius 2 is 1.13 bits per heavy atom. The molecule has 256 valence electrons. The van der Waals surface area contributed by atoms with Crippen molar-refractivity contribution in [2.75, 3.05) is 39.5 Å². The topological polar surface area (TPSA) is 148 Å². The van der Waals surface area contributed by atoms with E-state index in [4.69, 9.17) is 28.4 Å². The molecule has 2 atom stereocenters. The fourth-order valence-electron chi connectivity index (χ4n) is 5.08. The molecule has 0 radical (unpaired) electrons. The molecular weight excluding hydrogens is 584 g/mol. The molecule has 45 heavy (non-hydrogen) atoms. The lowest BCUT2D eigenvalue weighted by Crippen LogP contribution is -2.36. The maximum Gasteiger partial charge on any atom is 0.407 e. The maximum absolute atomic E-state index is 12.4. The summed E-state index contributed by atoms with van der Waals surface area (Å²) in [7, 11) is 0. The first kappa shape index (κ1) is 38.1. The van der Waals surface area contributed by atoms with Crippen LogP contribution in [0.1, 0.15) is 96.8 Å². The third-order valence-electron chi connectivity index (χ3n) is 7.66. The number of rotatable bonds is 21. The molecule has 0 spiro atoms. The molecule has 0 aromatic rings. The van der Waals surface area contributed by atoms with Gasteiger partial charge in [0.05, 0.1) is 25.4 Å². The number of hydrogen-bond donors (Lipinski definition) is 2. The predicted octanol–water partition coefficient (Wildman–Crippen LogP) is 5.28. The molecule has 2 amide bonds. The van der Waals surface area contributed by atoms with Crippen LogP contribution in [-0.2, 0) is 38.0 Å². The van der Waals surface area contributed by atoms with E-state index in [0.29, 0.717) is 13.1 Å². The molecule has 0 heterocycles. The molecule has 12 nitrogen and oxygen atoms in total. The van der Waals surface area contributed by atoms with Gasteiger partial charge in [-0.15, -0.1) is 0 Å². The van der Waals surface area contributed by atoms with Crippen molar-refractivity contribution in [2.45, 2.75) is 121 Å². The minimum absolute atomic E-state index is 0.102. The second-order valence-corrected chi connectivity index (χ2v) is 11.7. The highest BCUT2D eigenvalue weighted by atomic mass is 16.6. The van der Waals surface area contributed by atoms with E-state index in [1.807, 2.05) is 0 Å². The molecule has 2 aliphatic carbocycles. The monoisotopic (exact) mass is 638 g/mol. The number of unbranched alkanes of at least 4 members (excludes halogenated alkanes) is 3. The van der Waals surface area contributed by atoms with Crippen molar-refractivity contribution in [2.24, 2.45) is 0 Å². The van der Waals surface area contributed by atoms with Crippen LogP contribution in [0.3, 0.4) is 0 Å². The first-order valence-corrected chi connectivity index (χ1v) is 16.5. The number of esters is 2. The number of carbonyl (C=O) groups is 4. The van der Waals surface area contributed by atoms with Crippen molar-refractivity contribution in [1.82, 2.24) is 10.6 Å². The van der Waals surface area contributed by atoms with Gasteiger partial charge in [0.15, 0.2) is 12.2 Å². The number of hydrogen-bond acceptors (Lipinski definition) is 10. The Balaban J connectivity index is 1.59. The Hall–Kier alpha value is -3.12. The van der Waals surface area contributed by atoms with Gasteiger partial charge in [-0.05, 0) is 45.4 Å². The summed E-state index contributed by atoms with van der Waals surface area (Å²) in [4.78, 5) is 48.0. The van der Waals surface area contributed by atoms with Gasteiger partial charge in [0.2, 0.25) is 0 Å². The van der Waals surface area contributed by atoms with Gasteiger partial charge in [0.25, 0.3) is 0 Å². The van der Waals surface area contributed by atoms with Gasteiger partial charge in [-0.25, -0.2) is 19.2 Å². The Kier molecular flexibility index (Phi) is 19.7. The number of carbonyl (C=O) groups excluding carboxylic acids is 4. The van der Waals surface area contributed by atoms with Crippen LogP contribution in [0.2, 0.25) is 0 Å². The van der Waals surface area contributed by atoms with Crippen molar-refractivity contribution < 1.29 is 47.6 Å². The maximum atomic E-state index is 12.4. The molecule has 2 aliphatic rings. The Morgan fingerprint density at radius 1 is 0.689 bits per heavy atom. The number of alkyl carbamates (subject to hydrolysis) is 2. The fourth-order valence-corrected chi connectivity index (χ4v) is 5.08. The highest BCUT2D eigenvalue weighted by molar-refractivity contribution is 5.86. The largest absolute Gasteiger partial charge is 0.458 e. The first-order chi connectivity index (χ1) is 21.8. The molecule has 0 bridgehead atoms. The van der Waals surface area contributed by atoms with E-state index in [-0.39, 0.29) is 44.2 Å². The first-order valence-electron chi connectivity index (χ1n) is 16.5. The second-order valence-electron chi connectivity index (χ2n) is 11.7. The van der Waals surface area contributed by atoms with E-state index in [1.54, 1.807) is 6.92 Å². The van der Waals surface area contributed by atoms with E-state index >= 15 is 0 Å². The summed E-state index contributed by atoms with van der Waals surface area (Å²) in [6, 6.07) is 0. The molecule has 0 saturated heterocycles. The van der Waals surface area contributed by atoms with E-state index in [9.17, 15) is 19.2 Å². The van der Waals surface area contributed by atoms with Crippen LogP contribution in [0.5, 0.6) is 0 Å². The van der Waals surface area contributed by atoms with Crippen LogP contribution in [0.15, 0.2) is 24.8 Å². The summed E-state index contributed by atoms with van der Waals surface area (Å²) < 4.78 is 33.0. The number of amides is 2. The lowest BCUT2D eigenvalue weighted by molar-refractivity contribution is -0.144. The van der Waals surface area contributed by atoms with Crippen molar-refractivity contribution in [3.8, 4) is 0 Å². The van der Waals surface area contributed by atoms with Gasteiger partial charge in [-0.3, -0.25) is 0 Å². The van der Waals surface area contributed by atoms with Gasteiger partial charge in [-0.1, -0.05) is 64.5 Å². The zero-order chi connectivity index (χ0) is 32.7. The van der Waals surface area contributed by atoms with Crippen molar-refractivity contribution in [1.29, 1.82) is 0 Å². The van der Waals surface area contributed by atoms with Crippen LogP contribution < -0.4 is 10.6 Å². The van der Waals surface area contributed by atoms with E-state index in [2.05, 4.69) is 23.8 Å². The van der Waals surface area contributed by atoms with Crippen molar-refractivity contribution in [3.05, 3.63) is 24.8 Å². The molecule has 2 unspecified atom stereocenters. The molecule has 2 fully saturated rings. The fraction of sp³-hybridized carbons (Fsp3) is 0.758. The van der Waals surface area contributed by atoms with Crippen molar-refractivity contribution >= 4 is 24.1 Å². The average molecular weight is 639 g/mol. The molecule has 2 rings (SSSR count). The van der Waals surface area contributed by atoms with Crippen LogP contribution in [0.25, 0.3) is 0 Å². The minimum Gasteiger partial charge on any atom is -0.458 e. The Bertz CT molecular complexity index is 915. The smallest absolute Gasteiger partial charge is 0.407 e. The second kappa shape index (κ2) is 23.3. The van der Waals surface area contributed by atoms with Gasteiger partial charge in [0.1, 0.15) is 13.2 Å². The molecule has 0 aliphatic heterocycles. The zero-order valence-corrected chi connectivity index (χ0v) is 27.0. The Labute approximate surface area is 267 Å². The minimum atomic E-state index is -0.714. The van der Waals surface area contributed by atoms with Crippen LogP contribution in [-0.4, -0.2) is 88.1 Å². The molecular formula is C33H54N2O10. The summed E-state index contributed by atoms with van der Waals surface area (Å²) in [5.41, 5.74) is 0.272. The number of ether oxygens (including phenoxy) is 6. The lowest BCUT2D eigenvalue weighted by atomic mass is 9.98. The quantitative estimate of drug-likeness (QED) is 0.0736. The molecule has 2 N–H and O–H groups in total. The molecule has 12 heteroatoms. The van der Waals surface area contributed by atoms with Crippen LogP contribution in [0, 0.1) is 0 Å². The number of nitrogens with one attached hydrogen (secondary N) is 2. The molecule has 2 saturated carbocycles. The highest BCUT2D eigenvalue weighted by Crippen LogP contribution is 2.21. The third-order valence-corrected chi connectivity index (χ3v) is 7.66.